The predicted molar refractivity (Wildman–Crippen MR) is 40.5 cm³/mol. The van der Waals surface area contributed by atoms with Gasteiger partial charge in [0, 0.05) is 11.5 Å². The molecule has 0 aromatic carbocycles. The van der Waals surface area contributed by atoms with E-state index in [2.05, 4.69) is 5.16 Å². The first-order chi connectivity index (χ1) is 5.16. The third-order valence-corrected chi connectivity index (χ3v) is 1.75. The molecule has 0 fully saturated rings. The van der Waals surface area contributed by atoms with E-state index in [0.717, 1.165) is 23.3 Å². The zero-order valence-corrected chi connectivity index (χ0v) is 6.92. The number of hydrogen-bond acceptors (Lipinski definition) is 3. The average molecular weight is 153 g/mol. The lowest BCUT2D eigenvalue weighted by Crippen LogP contribution is -1.96. The zero-order chi connectivity index (χ0) is 8.43. The second-order valence-corrected chi connectivity index (χ2v) is 2.66. The standard InChI is InChI=1S/C8H11NO2/c1-5(4-10)8-6(2)9-11-7(8)3/h4-5H,1-3H3. The second kappa shape index (κ2) is 2.86. The second-order valence-electron chi connectivity index (χ2n) is 2.66. The lowest BCUT2D eigenvalue weighted by atomic mass is 10.0. The number of nitrogens with zero attached hydrogens (tertiary/aromatic N) is 1. The quantitative estimate of drug-likeness (QED) is 0.606. The van der Waals surface area contributed by atoms with Gasteiger partial charge in [0.25, 0.3) is 0 Å². The number of carbonyl (C=O) groups excluding carboxylic acids is 1. The van der Waals surface area contributed by atoms with Crippen molar-refractivity contribution in [2.45, 2.75) is 26.7 Å². The molecular formula is C8H11NO2. The van der Waals surface area contributed by atoms with E-state index in [9.17, 15) is 4.79 Å². The maximum Gasteiger partial charge on any atom is 0.137 e. The number of aldehydes is 1. The van der Waals surface area contributed by atoms with E-state index in [-0.39, 0.29) is 5.92 Å². The molecular weight excluding hydrogens is 142 g/mol. The molecule has 60 valence electrons. The fourth-order valence-corrected chi connectivity index (χ4v) is 1.21. The molecule has 0 bridgehead atoms. The Kier molecular flexibility index (Phi) is 2.08. The molecule has 0 spiro atoms. The summed E-state index contributed by atoms with van der Waals surface area (Å²) in [6.07, 6.45) is 0.895. The molecule has 1 unspecified atom stereocenters. The molecule has 0 saturated heterocycles. The summed E-state index contributed by atoms with van der Waals surface area (Å²) in [5, 5.41) is 3.75. The highest BCUT2D eigenvalue weighted by molar-refractivity contribution is 5.62. The highest BCUT2D eigenvalue weighted by Crippen LogP contribution is 2.20. The molecule has 0 saturated carbocycles. The molecule has 1 aromatic heterocycles. The van der Waals surface area contributed by atoms with Crippen molar-refractivity contribution >= 4 is 6.29 Å². The first kappa shape index (κ1) is 7.98. The molecule has 0 aliphatic heterocycles. The molecule has 0 aliphatic rings. The number of hydrogen-bond donors (Lipinski definition) is 0. The molecule has 3 heteroatoms. The Morgan fingerprint density at radius 3 is 2.55 bits per heavy atom. The molecule has 0 N–H and O–H groups in total. The van der Waals surface area contributed by atoms with Crippen LogP contribution in [0.1, 0.15) is 29.9 Å². The fraction of sp³-hybridized carbons (Fsp3) is 0.500. The Bertz CT molecular complexity index is 246. The minimum absolute atomic E-state index is 0.110. The van der Waals surface area contributed by atoms with Gasteiger partial charge in [-0.1, -0.05) is 12.1 Å². The van der Waals surface area contributed by atoms with Crippen LogP contribution >= 0.6 is 0 Å². The van der Waals surface area contributed by atoms with E-state index in [0.29, 0.717) is 0 Å². The van der Waals surface area contributed by atoms with E-state index in [1.807, 2.05) is 20.8 Å². The van der Waals surface area contributed by atoms with Gasteiger partial charge in [0.1, 0.15) is 12.0 Å². The number of rotatable bonds is 2. The first-order valence-corrected chi connectivity index (χ1v) is 3.55. The Morgan fingerprint density at radius 1 is 1.55 bits per heavy atom. The van der Waals surface area contributed by atoms with Crippen molar-refractivity contribution in [2.24, 2.45) is 0 Å². The van der Waals surface area contributed by atoms with E-state index in [1.165, 1.54) is 0 Å². The molecule has 1 rings (SSSR count). The highest BCUT2D eigenvalue weighted by atomic mass is 16.5. The van der Waals surface area contributed by atoms with Crippen LogP contribution in [0, 0.1) is 13.8 Å². The Morgan fingerprint density at radius 2 is 2.18 bits per heavy atom. The van der Waals surface area contributed by atoms with E-state index >= 15 is 0 Å². The van der Waals surface area contributed by atoms with E-state index in [1.54, 1.807) is 0 Å². The third-order valence-electron chi connectivity index (χ3n) is 1.75. The summed E-state index contributed by atoms with van der Waals surface area (Å²) in [7, 11) is 0. The molecule has 0 radical (unpaired) electrons. The van der Waals surface area contributed by atoms with Crippen LogP contribution in [0.3, 0.4) is 0 Å². The minimum Gasteiger partial charge on any atom is -0.361 e. The van der Waals surface area contributed by atoms with Crippen LogP contribution < -0.4 is 0 Å². The molecule has 11 heavy (non-hydrogen) atoms. The van der Waals surface area contributed by atoms with Gasteiger partial charge in [-0.2, -0.15) is 0 Å². The van der Waals surface area contributed by atoms with Crippen LogP contribution in [0.25, 0.3) is 0 Å². The summed E-state index contributed by atoms with van der Waals surface area (Å²) in [6, 6.07) is 0. The molecule has 0 aliphatic carbocycles. The smallest absolute Gasteiger partial charge is 0.137 e. The predicted octanol–water partition coefficient (Wildman–Crippen LogP) is 1.59. The van der Waals surface area contributed by atoms with Crippen molar-refractivity contribution in [3.8, 4) is 0 Å². The highest BCUT2D eigenvalue weighted by Gasteiger charge is 2.14. The SMILES string of the molecule is Cc1noc(C)c1C(C)C=O. The average Bonchev–Trinajstić information content (AvgIpc) is 2.30. The van der Waals surface area contributed by atoms with Crippen LogP contribution in [0.15, 0.2) is 4.52 Å². The summed E-state index contributed by atoms with van der Waals surface area (Å²) in [6.45, 7) is 5.49. The molecule has 0 amide bonds. The number of aromatic nitrogens is 1. The van der Waals surface area contributed by atoms with Crippen LogP contribution in [0.4, 0.5) is 0 Å². The van der Waals surface area contributed by atoms with E-state index < -0.39 is 0 Å². The number of carbonyl (C=O) groups is 1. The largest absolute Gasteiger partial charge is 0.361 e. The summed E-state index contributed by atoms with van der Waals surface area (Å²) in [4.78, 5) is 10.4. The van der Waals surface area contributed by atoms with Crippen LogP contribution in [0.2, 0.25) is 0 Å². The fourth-order valence-electron chi connectivity index (χ4n) is 1.21. The van der Waals surface area contributed by atoms with Crippen molar-refractivity contribution in [3.05, 3.63) is 17.0 Å². The Labute approximate surface area is 65.4 Å². The van der Waals surface area contributed by atoms with Crippen molar-refractivity contribution in [3.63, 3.8) is 0 Å². The summed E-state index contributed by atoms with van der Waals surface area (Å²) >= 11 is 0. The monoisotopic (exact) mass is 153 g/mol. The zero-order valence-electron chi connectivity index (χ0n) is 6.92. The van der Waals surface area contributed by atoms with Gasteiger partial charge in [-0.05, 0) is 13.8 Å². The van der Waals surface area contributed by atoms with Gasteiger partial charge in [-0.3, -0.25) is 0 Å². The third kappa shape index (κ3) is 1.31. The van der Waals surface area contributed by atoms with Gasteiger partial charge in [-0.25, -0.2) is 0 Å². The lowest BCUT2D eigenvalue weighted by molar-refractivity contribution is -0.108. The van der Waals surface area contributed by atoms with Crippen LogP contribution in [-0.2, 0) is 4.79 Å². The summed E-state index contributed by atoms with van der Waals surface area (Å²) < 4.78 is 4.91. The van der Waals surface area contributed by atoms with Crippen molar-refractivity contribution in [1.29, 1.82) is 0 Å². The van der Waals surface area contributed by atoms with Gasteiger partial charge in [-0.15, -0.1) is 0 Å². The maximum absolute atomic E-state index is 10.4. The summed E-state index contributed by atoms with van der Waals surface area (Å²) in [5.74, 6) is 0.628. The van der Waals surface area contributed by atoms with Crippen molar-refractivity contribution in [2.75, 3.05) is 0 Å². The normalized spacial score (nSPS) is 13.0. The van der Waals surface area contributed by atoms with Gasteiger partial charge >= 0.3 is 0 Å². The van der Waals surface area contributed by atoms with Crippen molar-refractivity contribution < 1.29 is 9.32 Å². The summed E-state index contributed by atoms with van der Waals surface area (Å²) in [5.41, 5.74) is 1.72. The van der Waals surface area contributed by atoms with Crippen LogP contribution in [-0.4, -0.2) is 11.4 Å². The molecule has 3 nitrogen and oxygen atoms in total. The maximum atomic E-state index is 10.4. The van der Waals surface area contributed by atoms with E-state index in [4.69, 9.17) is 4.52 Å². The molecule has 1 heterocycles. The van der Waals surface area contributed by atoms with Gasteiger partial charge in [0.15, 0.2) is 0 Å². The topological polar surface area (TPSA) is 43.1 Å². The van der Waals surface area contributed by atoms with Gasteiger partial charge in [0.2, 0.25) is 0 Å². The van der Waals surface area contributed by atoms with Crippen LogP contribution in [0.5, 0.6) is 0 Å². The molecule has 1 aromatic rings. The lowest BCUT2D eigenvalue weighted by Gasteiger charge is -1.99. The number of aryl methyl sites for hydroxylation is 2. The Balaban J connectivity index is 3.09. The molecule has 1 atom stereocenters. The van der Waals surface area contributed by atoms with Gasteiger partial charge in [0.05, 0.1) is 5.69 Å². The van der Waals surface area contributed by atoms with Gasteiger partial charge < -0.3 is 9.32 Å². The Hall–Kier alpha value is -1.12. The first-order valence-electron chi connectivity index (χ1n) is 3.55. The van der Waals surface area contributed by atoms with Crippen molar-refractivity contribution in [1.82, 2.24) is 5.16 Å². The minimum atomic E-state index is -0.110.